The lowest BCUT2D eigenvalue weighted by molar-refractivity contribution is 0.102. The van der Waals surface area contributed by atoms with Gasteiger partial charge in [-0.3, -0.25) is 9.52 Å². The van der Waals surface area contributed by atoms with Gasteiger partial charge in [-0.2, -0.15) is 0 Å². The molecule has 0 atom stereocenters. The molecule has 5 nitrogen and oxygen atoms in total. The van der Waals surface area contributed by atoms with Gasteiger partial charge in [0.25, 0.3) is 5.91 Å². The smallest absolute Gasteiger partial charge is 0.258 e. The molecule has 1 aromatic heterocycles. The summed E-state index contributed by atoms with van der Waals surface area (Å²) < 4.78 is 26.6. The Balaban J connectivity index is 2.05. The number of anilines is 2. The Bertz CT molecular complexity index is 802. The van der Waals surface area contributed by atoms with Crippen molar-refractivity contribution in [3.63, 3.8) is 0 Å². The van der Waals surface area contributed by atoms with Crippen molar-refractivity contribution in [1.82, 2.24) is 0 Å². The topological polar surface area (TPSA) is 75.3 Å². The van der Waals surface area contributed by atoms with Crippen LogP contribution in [0, 0.1) is 0 Å². The Morgan fingerprint density at radius 1 is 1.17 bits per heavy atom. The summed E-state index contributed by atoms with van der Waals surface area (Å²) in [6.07, 6.45) is 0.535. The number of nitrogens with one attached hydrogen (secondary N) is 2. The van der Waals surface area contributed by atoms with Gasteiger partial charge in [0, 0.05) is 11.4 Å². The van der Waals surface area contributed by atoms with Gasteiger partial charge in [0.2, 0.25) is 10.0 Å². The lowest BCUT2D eigenvalue weighted by Crippen LogP contribution is -2.16. The van der Waals surface area contributed by atoms with Crippen molar-refractivity contribution < 1.29 is 13.2 Å². The minimum atomic E-state index is -3.33. The van der Waals surface area contributed by atoms with E-state index >= 15 is 0 Å². The first-order valence-corrected chi connectivity index (χ1v) is 9.90. The van der Waals surface area contributed by atoms with Crippen LogP contribution in [0.4, 0.5) is 11.4 Å². The minimum Gasteiger partial charge on any atom is -0.322 e. The Hall–Kier alpha value is -1.28. The maximum Gasteiger partial charge on any atom is 0.258 e. The predicted octanol–water partition coefficient (Wildman–Crippen LogP) is 4.46. The van der Waals surface area contributed by atoms with Crippen molar-refractivity contribution >= 4 is 61.8 Å². The number of benzene rings is 1. The second-order valence-electron chi connectivity index (χ2n) is 4.69. The number of thiophene rings is 1. The summed E-state index contributed by atoms with van der Waals surface area (Å²) in [5, 5.41) is 2.67. The molecule has 1 aromatic carbocycles. The average Bonchev–Trinajstić information content (AvgIpc) is 2.79. The lowest BCUT2D eigenvalue weighted by atomic mass is 10.2. The zero-order valence-electron chi connectivity index (χ0n) is 12.1. The molecule has 23 heavy (non-hydrogen) atoms. The van der Waals surface area contributed by atoms with Crippen LogP contribution in [0.3, 0.4) is 0 Å². The van der Waals surface area contributed by atoms with E-state index in [2.05, 4.69) is 10.0 Å². The standard InChI is InChI=1S/C14H14Cl2N2O3S2/c1-2-7-23(20,21)18-10-5-3-9(4-6-10)17-14(19)11-8-12(15)22-13(11)16/h3-6,8,18H,2,7H2,1H3,(H,17,19). The molecular weight excluding hydrogens is 379 g/mol. The van der Waals surface area contributed by atoms with Crippen LogP contribution in [-0.2, 0) is 10.0 Å². The van der Waals surface area contributed by atoms with Crippen LogP contribution in [-0.4, -0.2) is 20.1 Å². The third-order valence-electron chi connectivity index (χ3n) is 2.79. The molecule has 1 amide bonds. The van der Waals surface area contributed by atoms with Crippen LogP contribution in [0.25, 0.3) is 0 Å². The Kier molecular flexibility index (Phi) is 5.91. The lowest BCUT2D eigenvalue weighted by Gasteiger charge is -2.08. The fraction of sp³-hybridized carbons (Fsp3) is 0.214. The van der Waals surface area contributed by atoms with Crippen LogP contribution in [0.5, 0.6) is 0 Å². The van der Waals surface area contributed by atoms with E-state index in [1.807, 2.05) is 0 Å². The number of carbonyl (C=O) groups excluding carboxylic acids is 1. The molecule has 2 aromatic rings. The van der Waals surface area contributed by atoms with Crippen molar-refractivity contribution in [3.8, 4) is 0 Å². The zero-order chi connectivity index (χ0) is 17.0. The number of hydrogen-bond donors (Lipinski definition) is 2. The van der Waals surface area contributed by atoms with Crippen LogP contribution in [0.2, 0.25) is 8.67 Å². The van der Waals surface area contributed by atoms with E-state index in [-0.39, 0.29) is 11.7 Å². The summed E-state index contributed by atoms with van der Waals surface area (Å²) in [6, 6.07) is 7.85. The van der Waals surface area contributed by atoms with E-state index in [4.69, 9.17) is 23.2 Å². The van der Waals surface area contributed by atoms with Gasteiger partial charge in [0.15, 0.2) is 0 Å². The maximum atomic E-state index is 12.1. The number of sulfonamides is 1. The molecule has 0 radical (unpaired) electrons. The predicted molar refractivity (Wildman–Crippen MR) is 96.4 cm³/mol. The molecule has 0 unspecified atom stereocenters. The monoisotopic (exact) mass is 392 g/mol. The van der Waals surface area contributed by atoms with Gasteiger partial charge in [0.1, 0.15) is 4.34 Å². The number of hydrogen-bond acceptors (Lipinski definition) is 4. The van der Waals surface area contributed by atoms with E-state index in [1.165, 1.54) is 6.07 Å². The second-order valence-corrected chi connectivity index (χ2v) is 8.82. The van der Waals surface area contributed by atoms with E-state index < -0.39 is 10.0 Å². The summed E-state index contributed by atoms with van der Waals surface area (Å²) >= 11 is 12.9. The molecule has 0 spiro atoms. The summed E-state index contributed by atoms with van der Waals surface area (Å²) in [6.45, 7) is 1.79. The third-order valence-corrected chi connectivity index (χ3v) is 5.77. The fourth-order valence-corrected chi connectivity index (χ4v) is 4.41. The van der Waals surface area contributed by atoms with Crippen molar-refractivity contribution in [2.75, 3.05) is 15.8 Å². The van der Waals surface area contributed by atoms with Gasteiger partial charge in [-0.05, 0) is 36.8 Å². The first-order chi connectivity index (χ1) is 10.8. The van der Waals surface area contributed by atoms with Crippen molar-refractivity contribution in [3.05, 3.63) is 44.6 Å². The van der Waals surface area contributed by atoms with Gasteiger partial charge in [-0.15, -0.1) is 11.3 Å². The van der Waals surface area contributed by atoms with Gasteiger partial charge < -0.3 is 5.32 Å². The Labute approximate surface area is 148 Å². The molecule has 124 valence electrons. The highest BCUT2D eigenvalue weighted by atomic mass is 35.5. The molecule has 0 aliphatic heterocycles. The summed E-state index contributed by atoms with van der Waals surface area (Å²) in [7, 11) is -3.33. The van der Waals surface area contributed by atoms with Gasteiger partial charge >= 0.3 is 0 Å². The van der Waals surface area contributed by atoms with E-state index in [9.17, 15) is 13.2 Å². The summed E-state index contributed by atoms with van der Waals surface area (Å²) in [4.78, 5) is 12.1. The van der Waals surface area contributed by atoms with Crippen LogP contribution in [0.1, 0.15) is 23.7 Å². The highest BCUT2D eigenvalue weighted by molar-refractivity contribution is 7.92. The molecule has 0 saturated heterocycles. The molecule has 9 heteroatoms. The molecule has 2 rings (SSSR count). The molecule has 0 aliphatic carbocycles. The van der Waals surface area contributed by atoms with Crippen LogP contribution in [0.15, 0.2) is 30.3 Å². The third kappa shape index (κ3) is 5.10. The molecule has 2 N–H and O–H groups in total. The van der Waals surface area contributed by atoms with E-state index in [1.54, 1.807) is 31.2 Å². The van der Waals surface area contributed by atoms with Gasteiger partial charge in [0.05, 0.1) is 15.7 Å². The number of carbonyl (C=O) groups is 1. The number of halogens is 2. The average molecular weight is 393 g/mol. The summed E-state index contributed by atoms with van der Waals surface area (Å²) in [5.74, 6) is -0.319. The largest absolute Gasteiger partial charge is 0.322 e. The summed E-state index contributed by atoms with van der Waals surface area (Å²) in [5.41, 5.74) is 1.26. The maximum absolute atomic E-state index is 12.1. The van der Waals surface area contributed by atoms with E-state index in [0.29, 0.717) is 32.0 Å². The zero-order valence-corrected chi connectivity index (χ0v) is 15.2. The highest BCUT2D eigenvalue weighted by Gasteiger charge is 2.14. The van der Waals surface area contributed by atoms with Gasteiger partial charge in [-0.1, -0.05) is 30.1 Å². The van der Waals surface area contributed by atoms with Crippen molar-refractivity contribution in [2.24, 2.45) is 0 Å². The first kappa shape index (κ1) is 18.1. The van der Waals surface area contributed by atoms with Gasteiger partial charge in [-0.25, -0.2) is 8.42 Å². The molecule has 1 heterocycles. The molecule has 0 aliphatic rings. The first-order valence-electron chi connectivity index (χ1n) is 6.67. The Morgan fingerprint density at radius 2 is 1.78 bits per heavy atom. The molecule has 0 fully saturated rings. The fourth-order valence-electron chi connectivity index (χ4n) is 1.81. The molecule has 0 bridgehead atoms. The normalized spacial score (nSPS) is 11.3. The highest BCUT2D eigenvalue weighted by Crippen LogP contribution is 2.31. The number of amides is 1. The molecular formula is C14H14Cl2N2O3S2. The van der Waals surface area contributed by atoms with E-state index in [0.717, 1.165) is 11.3 Å². The van der Waals surface area contributed by atoms with Crippen molar-refractivity contribution in [2.45, 2.75) is 13.3 Å². The number of rotatable bonds is 6. The molecule has 0 saturated carbocycles. The SMILES string of the molecule is CCCS(=O)(=O)Nc1ccc(NC(=O)c2cc(Cl)sc2Cl)cc1. The quantitative estimate of drug-likeness (QED) is 0.761. The van der Waals surface area contributed by atoms with Crippen LogP contribution >= 0.6 is 34.5 Å². The minimum absolute atomic E-state index is 0.0584. The van der Waals surface area contributed by atoms with Crippen molar-refractivity contribution in [1.29, 1.82) is 0 Å². The second kappa shape index (κ2) is 7.53. The Morgan fingerprint density at radius 3 is 2.30 bits per heavy atom. The van der Waals surface area contributed by atoms with Crippen LogP contribution < -0.4 is 10.0 Å².